The van der Waals surface area contributed by atoms with Gasteiger partial charge in [-0.25, -0.2) is 0 Å². The summed E-state index contributed by atoms with van der Waals surface area (Å²) in [6.45, 7) is 8.22. The second-order valence-corrected chi connectivity index (χ2v) is 5.94. The standard InChI is InChI=1S/C14H28N2O/c1-4-14(2)11-16(10-6-9-15-14)12-7-5-8-13(12)17-3/h12-13,15H,4-11H2,1-3H3. The van der Waals surface area contributed by atoms with Gasteiger partial charge in [0.2, 0.25) is 0 Å². The largest absolute Gasteiger partial charge is 0.380 e. The highest BCUT2D eigenvalue weighted by Gasteiger charge is 2.36. The lowest BCUT2D eigenvalue weighted by Gasteiger charge is -2.37. The van der Waals surface area contributed by atoms with Gasteiger partial charge in [-0.3, -0.25) is 4.90 Å². The van der Waals surface area contributed by atoms with E-state index in [0.717, 1.165) is 6.54 Å². The van der Waals surface area contributed by atoms with Gasteiger partial charge in [-0.2, -0.15) is 0 Å². The summed E-state index contributed by atoms with van der Waals surface area (Å²) in [7, 11) is 1.87. The first-order chi connectivity index (χ1) is 8.18. The Labute approximate surface area is 106 Å². The second kappa shape index (κ2) is 5.68. The molecule has 1 saturated carbocycles. The molecule has 0 aromatic heterocycles. The fourth-order valence-corrected chi connectivity index (χ4v) is 3.37. The summed E-state index contributed by atoms with van der Waals surface area (Å²) in [6, 6.07) is 0.658. The smallest absolute Gasteiger partial charge is 0.0726 e. The molecule has 17 heavy (non-hydrogen) atoms. The van der Waals surface area contributed by atoms with Crippen LogP contribution in [0.4, 0.5) is 0 Å². The molecule has 3 heteroatoms. The molecule has 1 N–H and O–H groups in total. The number of methoxy groups -OCH3 is 1. The molecule has 0 aromatic rings. The molecule has 3 atom stereocenters. The van der Waals surface area contributed by atoms with Gasteiger partial charge >= 0.3 is 0 Å². The van der Waals surface area contributed by atoms with Crippen LogP contribution >= 0.6 is 0 Å². The zero-order valence-corrected chi connectivity index (χ0v) is 11.7. The first-order valence-electron chi connectivity index (χ1n) is 7.20. The first-order valence-corrected chi connectivity index (χ1v) is 7.20. The van der Waals surface area contributed by atoms with E-state index >= 15 is 0 Å². The molecule has 0 radical (unpaired) electrons. The van der Waals surface area contributed by atoms with E-state index in [1.54, 1.807) is 0 Å². The van der Waals surface area contributed by atoms with E-state index in [9.17, 15) is 0 Å². The van der Waals surface area contributed by atoms with Crippen LogP contribution in [0.3, 0.4) is 0 Å². The van der Waals surface area contributed by atoms with E-state index in [4.69, 9.17) is 4.74 Å². The highest BCUT2D eigenvalue weighted by molar-refractivity contribution is 4.94. The van der Waals surface area contributed by atoms with E-state index in [0.29, 0.717) is 12.1 Å². The number of rotatable bonds is 3. The lowest BCUT2D eigenvalue weighted by Crippen LogP contribution is -2.52. The molecule has 1 saturated heterocycles. The van der Waals surface area contributed by atoms with Gasteiger partial charge in [-0.05, 0) is 52.1 Å². The van der Waals surface area contributed by atoms with Gasteiger partial charge in [-0.15, -0.1) is 0 Å². The van der Waals surface area contributed by atoms with E-state index < -0.39 is 0 Å². The number of nitrogens with zero attached hydrogens (tertiary/aromatic N) is 1. The third-order valence-corrected chi connectivity index (χ3v) is 4.70. The molecule has 3 unspecified atom stereocenters. The van der Waals surface area contributed by atoms with Gasteiger partial charge in [0, 0.05) is 25.2 Å². The Bertz CT molecular complexity index is 246. The number of ether oxygens (including phenoxy) is 1. The summed E-state index contributed by atoms with van der Waals surface area (Å²) in [5.74, 6) is 0. The number of hydrogen-bond acceptors (Lipinski definition) is 3. The van der Waals surface area contributed by atoms with E-state index in [-0.39, 0.29) is 5.54 Å². The van der Waals surface area contributed by atoms with Gasteiger partial charge in [-0.1, -0.05) is 6.92 Å². The van der Waals surface area contributed by atoms with Gasteiger partial charge in [0.15, 0.2) is 0 Å². The van der Waals surface area contributed by atoms with Crippen molar-refractivity contribution >= 4 is 0 Å². The maximum atomic E-state index is 5.66. The van der Waals surface area contributed by atoms with Gasteiger partial charge in [0.05, 0.1) is 6.10 Å². The minimum Gasteiger partial charge on any atom is -0.380 e. The summed E-state index contributed by atoms with van der Waals surface area (Å²) in [5, 5.41) is 3.71. The van der Waals surface area contributed by atoms with Crippen molar-refractivity contribution in [3.8, 4) is 0 Å². The quantitative estimate of drug-likeness (QED) is 0.817. The monoisotopic (exact) mass is 240 g/mol. The number of nitrogens with one attached hydrogen (secondary N) is 1. The Hall–Kier alpha value is -0.120. The zero-order chi connectivity index (χ0) is 12.3. The average Bonchev–Trinajstić information content (AvgIpc) is 2.73. The Morgan fingerprint density at radius 3 is 2.88 bits per heavy atom. The van der Waals surface area contributed by atoms with Crippen molar-refractivity contribution in [1.29, 1.82) is 0 Å². The Morgan fingerprint density at radius 2 is 2.18 bits per heavy atom. The highest BCUT2D eigenvalue weighted by atomic mass is 16.5. The van der Waals surface area contributed by atoms with Crippen LogP contribution in [0.5, 0.6) is 0 Å². The van der Waals surface area contributed by atoms with Crippen LogP contribution in [0.25, 0.3) is 0 Å². The van der Waals surface area contributed by atoms with Crippen molar-refractivity contribution in [2.24, 2.45) is 0 Å². The maximum Gasteiger partial charge on any atom is 0.0726 e. The van der Waals surface area contributed by atoms with Crippen LogP contribution < -0.4 is 5.32 Å². The summed E-state index contributed by atoms with van der Waals surface area (Å²) in [5.41, 5.74) is 0.289. The maximum absolute atomic E-state index is 5.66. The molecule has 0 spiro atoms. The predicted molar refractivity (Wildman–Crippen MR) is 71.3 cm³/mol. The van der Waals surface area contributed by atoms with Crippen LogP contribution in [-0.4, -0.2) is 49.3 Å². The first kappa shape index (κ1) is 13.3. The van der Waals surface area contributed by atoms with Crippen molar-refractivity contribution in [2.75, 3.05) is 26.7 Å². The van der Waals surface area contributed by atoms with Crippen molar-refractivity contribution in [2.45, 2.75) is 63.6 Å². The molecular weight excluding hydrogens is 212 g/mol. The van der Waals surface area contributed by atoms with Crippen LogP contribution in [-0.2, 0) is 4.74 Å². The minimum absolute atomic E-state index is 0.289. The predicted octanol–water partition coefficient (Wildman–Crippen LogP) is 2.02. The fourth-order valence-electron chi connectivity index (χ4n) is 3.37. The van der Waals surface area contributed by atoms with Crippen LogP contribution in [0.15, 0.2) is 0 Å². The molecule has 0 bridgehead atoms. The molecule has 2 fully saturated rings. The van der Waals surface area contributed by atoms with Crippen molar-refractivity contribution in [3.05, 3.63) is 0 Å². The van der Waals surface area contributed by atoms with Crippen LogP contribution in [0, 0.1) is 0 Å². The van der Waals surface area contributed by atoms with Gasteiger partial charge in [0.1, 0.15) is 0 Å². The summed E-state index contributed by atoms with van der Waals surface area (Å²) >= 11 is 0. The molecule has 1 aliphatic carbocycles. The second-order valence-electron chi connectivity index (χ2n) is 5.94. The Morgan fingerprint density at radius 1 is 1.35 bits per heavy atom. The third-order valence-electron chi connectivity index (χ3n) is 4.70. The Kier molecular flexibility index (Phi) is 4.45. The number of hydrogen-bond donors (Lipinski definition) is 1. The van der Waals surface area contributed by atoms with Crippen molar-refractivity contribution in [3.63, 3.8) is 0 Å². The normalized spacial score (nSPS) is 40.4. The average molecular weight is 240 g/mol. The highest BCUT2D eigenvalue weighted by Crippen LogP contribution is 2.29. The van der Waals surface area contributed by atoms with Crippen LogP contribution in [0.1, 0.15) is 46.0 Å². The topological polar surface area (TPSA) is 24.5 Å². The van der Waals surface area contributed by atoms with Gasteiger partial charge < -0.3 is 10.1 Å². The summed E-state index contributed by atoms with van der Waals surface area (Å²) in [6.07, 6.45) is 6.83. The molecule has 1 aliphatic heterocycles. The molecule has 0 amide bonds. The molecule has 3 nitrogen and oxygen atoms in total. The molecular formula is C14H28N2O. The van der Waals surface area contributed by atoms with E-state index in [1.165, 1.54) is 45.2 Å². The van der Waals surface area contributed by atoms with Gasteiger partial charge in [0.25, 0.3) is 0 Å². The molecule has 1 heterocycles. The lowest BCUT2D eigenvalue weighted by molar-refractivity contribution is 0.0263. The summed E-state index contributed by atoms with van der Waals surface area (Å²) in [4.78, 5) is 2.69. The Balaban J connectivity index is 2.03. The summed E-state index contributed by atoms with van der Waals surface area (Å²) < 4.78 is 5.66. The van der Waals surface area contributed by atoms with Crippen LogP contribution in [0.2, 0.25) is 0 Å². The van der Waals surface area contributed by atoms with Crippen molar-refractivity contribution < 1.29 is 4.74 Å². The lowest BCUT2D eigenvalue weighted by atomic mass is 9.97. The minimum atomic E-state index is 0.289. The van der Waals surface area contributed by atoms with E-state index in [2.05, 4.69) is 24.1 Å². The molecule has 2 aliphatic rings. The molecule has 2 rings (SSSR count). The zero-order valence-electron chi connectivity index (χ0n) is 11.7. The molecule has 100 valence electrons. The SMILES string of the molecule is CCC1(C)CN(C2CCCC2OC)CCCN1. The molecule has 0 aromatic carbocycles. The third kappa shape index (κ3) is 3.01. The van der Waals surface area contributed by atoms with E-state index in [1.807, 2.05) is 7.11 Å². The van der Waals surface area contributed by atoms with Crippen molar-refractivity contribution in [1.82, 2.24) is 10.2 Å². The fraction of sp³-hybridized carbons (Fsp3) is 1.00.